The number of nitrogens with one attached hydrogen (secondary N) is 1. The van der Waals surface area contributed by atoms with Crippen molar-refractivity contribution in [1.82, 2.24) is 15.1 Å². The van der Waals surface area contributed by atoms with E-state index < -0.39 is 0 Å². The Balaban J connectivity index is 1.61. The maximum absolute atomic E-state index is 13.2. The third kappa shape index (κ3) is 3.59. The number of amides is 1. The van der Waals surface area contributed by atoms with Gasteiger partial charge in [-0.1, -0.05) is 47.6 Å². The fourth-order valence-electron chi connectivity index (χ4n) is 3.32. The van der Waals surface area contributed by atoms with E-state index in [0.717, 1.165) is 16.8 Å². The summed E-state index contributed by atoms with van der Waals surface area (Å²) in [5.74, 6) is 0.232. The van der Waals surface area contributed by atoms with Crippen LogP contribution < -0.4 is 0 Å². The summed E-state index contributed by atoms with van der Waals surface area (Å²) in [5, 5.41) is 10.7. The maximum Gasteiger partial charge on any atom is 0.284 e. The number of likely N-dealkylation sites (tertiary alicyclic amines) is 1. The number of rotatable bonds is 4. The smallest absolute Gasteiger partial charge is 0.284 e. The Morgan fingerprint density at radius 1 is 1.21 bits per heavy atom. The third-order valence-corrected chi connectivity index (χ3v) is 4.79. The van der Waals surface area contributed by atoms with Crippen LogP contribution in [-0.4, -0.2) is 40.4 Å². The van der Waals surface area contributed by atoms with Crippen molar-refractivity contribution in [2.24, 2.45) is 5.16 Å². The zero-order chi connectivity index (χ0) is 19.5. The standard InChI is InChI=1S/C20H18N4O3S/c1-26-23-16-11-17(18-21-22-20(28)27-18)24(12-16)19(25)15-9-7-14(8-10-15)13-5-3-2-4-6-13/h2-10,17H,11-12H2,1H3,(H,22,28)/b23-16+. The zero-order valence-electron chi connectivity index (χ0n) is 15.2. The van der Waals surface area contributed by atoms with Gasteiger partial charge in [0.2, 0.25) is 5.89 Å². The molecule has 1 amide bonds. The van der Waals surface area contributed by atoms with Gasteiger partial charge in [0.05, 0.1) is 12.3 Å². The van der Waals surface area contributed by atoms with Crippen molar-refractivity contribution in [1.29, 1.82) is 0 Å². The molecule has 1 saturated heterocycles. The monoisotopic (exact) mass is 394 g/mol. The number of aromatic amines is 1. The average Bonchev–Trinajstić information content (AvgIpc) is 3.35. The largest absolute Gasteiger partial charge is 0.412 e. The van der Waals surface area contributed by atoms with E-state index in [4.69, 9.17) is 21.5 Å². The molecule has 0 bridgehead atoms. The van der Waals surface area contributed by atoms with Crippen LogP contribution in [0.2, 0.25) is 0 Å². The van der Waals surface area contributed by atoms with Crippen molar-refractivity contribution >= 4 is 23.8 Å². The zero-order valence-corrected chi connectivity index (χ0v) is 16.0. The molecule has 7 nitrogen and oxygen atoms in total. The molecule has 4 rings (SSSR count). The highest BCUT2D eigenvalue weighted by molar-refractivity contribution is 7.71. The quantitative estimate of drug-likeness (QED) is 0.534. The lowest BCUT2D eigenvalue weighted by atomic mass is 10.0. The number of aromatic nitrogens is 2. The summed E-state index contributed by atoms with van der Waals surface area (Å²) in [4.78, 5) is 19.9. The van der Waals surface area contributed by atoms with Crippen LogP contribution in [-0.2, 0) is 4.84 Å². The number of oxime groups is 1. The Labute approximate surface area is 166 Å². The van der Waals surface area contributed by atoms with E-state index in [-0.39, 0.29) is 16.8 Å². The number of hydrogen-bond acceptors (Lipinski definition) is 6. The molecule has 1 aliphatic rings. The first-order valence-electron chi connectivity index (χ1n) is 8.76. The normalized spacial score (nSPS) is 17.8. The number of carbonyl (C=O) groups is 1. The van der Waals surface area contributed by atoms with Crippen LogP contribution in [0.25, 0.3) is 11.1 Å². The molecule has 142 valence electrons. The molecule has 1 unspecified atom stereocenters. The van der Waals surface area contributed by atoms with E-state index in [9.17, 15) is 4.79 Å². The summed E-state index contributed by atoms with van der Waals surface area (Å²) in [6, 6.07) is 17.2. The van der Waals surface area contributed by atoms with Gasteiger partial charge in [-0.3, -0.25) is 4.79 Å². The van der Waals surface area contributed by atoms with Crippen LogP contribution in [0.4, 0.5) is 0 Å². The van der Waals surface area contributed by atoms with Crippen LogP contribution in [0, 0.1) is 4.84 Å². The number of nitrogens with zero attached hydrogens (tertiary/aromatic N) is 3. The molecule has 1 fully saturated rings. The van der Waals surface area contributed by atoms with Crippen molar-refractivity contribution in [2.75, 3.05) is 13.7 Å². The van der Waals surface area contributed by atoms with Gasteiger partial charge in [-0.05, 0) is 35.5 Å². The van der Waals surface area contributed by atoms with Crippen molar-refractivity contribution < 1.29 is 14.0 Å². The molecule has 3 aromatic rings. The van der Waals surface area contributed by atoms with Gasteiger partial charge in [-0.2, -0.15) is 0 Å². The summed E-state index contributed by atoms with van der Waals surface area (Å²) < 4.78 is 5.45. The summed E-state index contributed by atoms with van der Waals surface area (Å²) in [6.07, 6.45) is 0.477. The molecule has 8 heteroatoms. The molecule has 0 radical (unpaired) electrons. The second kappa shape index (κ2) is 7.77. The summed E-state index contributed by atoms with van der Waals surface area (Å²) in [7, 11) is 1.48. The molecule has 0 spiro atoms. The molecular weight excluding hydrogens is 376 g/mol. The Hall–Kier alpha value is -3.26. The predicted molar refractivity (Wildman–Crippen MR) is 106 cm³/mol. The van der Waals surface area contributed by atoms with Crippen LogP contribution >= 0.6 is 12.2 Å². The van der Waals surface area contributed by atoms with Gasteiger partial charge in [-0.25, -0.2) is 5.10 Å². The van der Waals surface area contributed by atoms with Crippen molar-refractivity contribution in [3.05, 3.63) is 70.9 Å². The van der Waals surface area contributed by atoms with Gasteiger partial charge in [0.25, 0.3) is 10.7 Å². The summed E-state index contributed by atoms with van der Waals surface area (Å²) in [5.41, 5.74) is 3.47. The van der Waals surface area contributed by atoms with Crippen molar-refractivity contribution in [3.63, 3.8) is 0 Å². The lowest BCUT2D eigenvalue weighted by molar-refractivity contribution is 0.0718. The second-order valence-corrected chi connectivity index (χ2v) is 6.76. The first-order chi connectivity index (χ1) is 13.7. The number of carbonyl (C=O) groups excluding carboxylic acids is 1. The van der Waals surface area contributed by atoms with Gasteiger partial charge in [0, 0.05) is 12.0 Å². The van der Waals surface area contributed by atoms with Gasteiger partial charge in [-0.15, -0.1) is 5.10 Å². The summed E-state index contributed by atoms with van der Waals surface area (Å²) >= 11 is 4.96. The molecule has 2 aromatic carbocycles. The van der Waals surface area contributed by atoms with Gasteiger partial charge >= 0.3 is 0 Å². The van der Waals surface area contributed by atoms with E-state index in [1.807, 2.05) is 54.6 Å². The van der Waals surface area contributed by atoms with Crippen LogP contribution in [0.3, 0.4) is 0 Å². The lowest BCUT2D eigenvalue weighted by Crippen LogP contribution is -2.31. The van der Waals surface area contributed by atoms with Gasteiger partial charge in [0.15, 0.2) is 0 Å². The molecular formula is C20H18N4O3S. The Bertz CT molecular complexity index is 1060. The highest BCUT2D eigenvalue weighted by Crippen LogP contribution is 2.31. The molecule has 28 heavy (non-hydrogen) atoms. The first kappa shape index (κ1) is 18.1. The molecule has 1 N–H and O–H groups in total. The van der Waals surface area contributed by atoms with Crippen LogP contribution in [0.1, 0.15) is 28.7 Å². The topological polar surface area (TPSA) is 83.7 Å². The molecule has 1 aliphatic heterocycles. The molecule has 1 aromatic heterocycles. The maximum atomic E-state index is 13.2. The molecule has 1 atom stereocenters. The number of benzene rings is 2. The van der Waals surface area contributed by atoms with Crippen molar-refractivity contribution in [2.45, 2.75) is 12.5 Å². The molecule has 0 aliphatic carbocycles. The summed E-state index contributed by atoms with van der Waals surface area (Å²) in [6.45, 7) is 0.340. The molecule has 0 saturated carbocycles. The highest BCUT2D eigenvalue weighted by Gasteiger charge is 2.37. The minimum absolute atomic E-state index is 0.130. The fourth-order valence-corrected chi connectivity index (χ4v) is 3.45. The second-order valence-electron chi connectivity index (χ2n) is 6.39. The number of hydrogen-bond donors (Lipinski definition) is 1. The van der Waals surface area contributed by atoms with Gasteiger partial charge in [0.1, 0.15) is 13.2 Å². The minimum Gasteiger partial charge on any atom is -0.412 e. The molecule has 2 heterocycles. The van der Waals surface area contributed by atoms with Gasteiger partial charge < -0.3 is 14.2 Å². The van der Waals surface area contributed by atoms with E-state index in [1.165, 1.54) is 7.11 Å². The van der Waals surface area contributed by atoms with E-state index in [2.05, 4.69) is 15.4 Å². The number of H-pyrrole nitrogens is 1. The minimum atomic E-state index is -0.386. The SMILES string of the molecule is CO/N=C1\CC(c2n[nH]c(=S)o2)N(C(=O)c2ccc(-c3ccccc3)cc2)C1. The first-order valence-corrected chi connectivity index (χ1v) is 9.17. The third-order valence-electron chi connectivity index (χ3n) is 4.62. The Morgan fingerprint density at radius 2 is 1.93 bits per heavy atom. The highest BCUT2D eigenvalue weighted by atomic mass is 32.1. The van der Waals surface area contributed by atoms with E-state index in [0.29, 0.717) is 24.4 Å². The van der Waals surface area contributed by atoms with Crippen LogP contribution in [0.15, 0.2) is 64.2 Å². The Morgan fingerprint density at radius 3 is 2.57 bits per heavy atom. The Kier molecular flexibility index (Phi) is 5.03. The van der Waals surface area contributed by atoms with Crippen molar-refractivity contribution in [3.8, 4) is 11.1 Å². The van der Waals surface area contributed by atoms with E-state index >= 15 is 0 Å². The average molecular weight is 394 g/mol. The predicted octanol–water partition coefficient (Wildman–Crippen LogP) is 3.99. The van der Waals surface area contributed by atoms with E-state index in [1.54, 1.807) is 4.90 Å². The lowest BCUT2D eigenvalue weighted by Gasteiger charge is -2.21. The van der Waals surface area contributed by atoms with Crippen LogP contribution in [0.5, 0.6) is 0 Å². The fraction of sp³-hybridized carbons (Fsp3) is 0.200.